The number of rotatable bonds is 4. The van der Waals surface area contributed by atoms with Crippen LogP contribution >= 0.6 is 0 Å². The highest BCUT2D eigenvalue weighted by Gasteiger charge is 2.20. The van der Waals surface area contributed by atoms with Crippen molar-refractivity contribution in [1.29, 1.82) is 0 Å². The Morgan fingerprint density at radius 3 is 2.76 bits per heavy atom. The first-order chi connectivity index (χ1) is 10.2. The van der Waals surface area contributed by atoms with Gasteiger partial charge in [-0.05, 0) is 81.0 Å². The highest BCUT2D eigenvalue weighted by atomic mass is 16.3. The average molecular weight is 287 g/mol. The Hall–Kier alpha value is -0.860. The van der Waals surface area contributed by atoms with Crippen molar-refractivity contribution in [1.82, 2.24) is 5.32 Å². The van der Waals surface area contributed by atoms with Crippen molar-refractivity contribution < 1.29 is 5.11 Å². The lowest BCUT2D eigenvalue weighted by Crippen LogP contribution is -2.30. The first-order valence-electron chi connectivity index (χ1n) is 8.75. The number of benzene rings is 1. The van der Waals surface area contributed by atoms with E-state index in [4.69, 9.17) is 0 Å². The van der Waals surface area contributed by atoms with Gasteiger partial charge in [-0.2, -0.15) is 0 Å². The maximum Gasteiger partial charge on any atom is 0.0543 e. The van der Waals surface area contributed by atoms with E-state index in [0.29, 0.717) is 12.0 Å². The van der Waals surface area contributed by atoms with Gasteiger partial charge in [-0.25, -0.2) is 0 Å². The third kappa shape index (κ3) is 3.87. The van der Waals surface area contributed by atoms with Gasteiger partial charge in [0.1, 0.15) is 0 Å². The molecule has 2 aliphatic rings. The van der Waals surface area contributed by atoms with E-state index in [1.165, 1.54) is 44.1 Å². The van der Waals surface area contributed by atoms with Crippen LogP contribution in [0.25, 0.3) is 0 Å². The lowest BCUT2D eigenvalue weighted by Gasteiger charge is -2.27. The fraction of sp³-hybridized carbons (Fsp3) is 0.684. The number of hydrogen-bond acceptors (Lipinski definition) is 2. The second kappa shape index (κ2) is 6.93. The maximum atomic E-state index is 9.77. The molecule has 3 rings (SSSR count). The quantitative estimate of drug-likeness (QED) is 0.883. The normalized spacial score (nSPS) is 27.1. The van der Waals surface area contributed by atoms with E-state index >= 15 is 0 Å². The molecule has 0 aromatic heterocycles. The van der Waals surface area contributed by atoms with Crippen molar-refractivity contribution in [2.45, 2.75) is 70.4 Å². The molecule has 2 N–H and O–H groups in total. The van der Waals surface area contributed by atoms with E-state index in [2.05, 4.69) is 30.4 Å². The molecule has 3 unspecified atom stereocenters. The molecule has 1 aromatic rings. The number of hydrogen-bond donors (Lipinski definition) is 2. The fourth-order valence-electron chi connectivity index (χ4n) is 3.93. The van der Waals surface area contributed by atoms with E-state index < -0.39 is 0 Å². The molecule has 1 saturated carbocycles. The number of fused-ring (bicyclic) bond motifs is 1. The van der Waals surface area contributed by atoms with Crippen molar-refractivity contribution in [3.63, 3.8) is 0 Å². The minimum atomic E-state index is -0.0652. The van der Waals surface area contributed by atoms with Gasteiger partial charge in [0, 0.05) is 6.04 Å². The second-order valence-corrected chi connectivity index (χ2v) is 7.05. The summed E-state index contributed by atoms with van der Waals surface area (Å²) in [6.45, 7) is 3.30. The van der Waals surface area contributed by atoms with Crippen LogP contribution in [0.3, 0.4) is 0 Å². The third-order valence-corrected chi connectivity index (χ3v) is 5.34. The van der Waals surface area contributed by atoms with Crippen LogP contribution in [-0.2, 0) is 12.8 Å². The van der Waals surface area contributed by atoms with Crippen LogP contribution in [0, 0.1) is 5.92 Å². The number of nitrogens with one attached hydrogen (secondary N) is 1. The minimum absolute atomic E-state index is 0.0652. The van der Waals surface area contributed by atoms with Gasteiger partial charge in [0.2, 0.25) is 0 Å². The molecule has 0 spiro atoms. The van der Waals surface area contributed by atoms with E-state index in [1.807, 2.05) is 0 Å². The fourth-order valence-corrected chi connectivity index (χ4v) is 3.93. The number of aliphatic hydroxyl groups excluding tert-OH is 1. The predicted molar refractivity (Wildman–Crippen MR) is 87.5 cm³/mol. The lowest BCUT2D eigenvalue weighted by molar-refractivity contribution is 0.0998. The van der Waals surface area contributed by atoms with Crippen LogP contribution in [0.4, 0.5) is 0 Å². The summed E-state index contributed by atoms with van der Waals surface area (Å²) in [7, 11) is 0. The molecule has 2 heteroatoms. The van der Waals surface area contributed by atoms with Crippen LogP contribution < -0.4 is 5.32 Å². The molecule has 0 bridgehead atoms. The zero-order valence-corrected chi connectivity index (χ0v) is 13.3. The van der Waals surface area contributed by atoms with Gasteiger partial charge in [-0.15, -0.1) is 0 Å². The molecule has 3 atom stereocenters. The summed E-state index contributed by atoms with van der Waals surface area (Å²) in [4.78, 5) is 0. The second-order valence-electron chi connectivity index (χ2n) is 7.05. The molecule has 21 heavy (non-hydrogen) atoms. The Morgan fingerprint density at radius 1 is 1.14 bits per heavy atom. The van der Waals surface area contributed by atoms with E-state index in [1.54, 1.807) is 11.1 Å². The van der Waals surface area contributed by atoms with E-state index in [0.717, 1.165) is 19.4 Å². The van der Waals surface area contributed by atoms with Crippen molar-refractivity contribution in [2.75, 3.05) is 6.54 Å². The van der Waals surface area contributed by atoms with Crippen LogP contribution in [0.5, 0.6) is 0 Å². The van der Waals surface area contributed by atoms with Gasteiger partial charge < -0.3 is 10.4 Å². The summed E-state index contributed by atoms with van der Waals surface area (Å²) in [6.07, 6.45) is 9.57. The number of aliphatic hydroxyl groups is 1. The smallest absolute Gasteiger partial charge is 0.0543 e. The van der Waals surface area contributed by atoms with Gasteiger partial charge in [0.25, 0.3) is 0 Å². The number of aryl methyl sites for hydroxylation is 2. The molecule has 0 aliphatic heterocycles. The summed E-state index contributed by atoms with van der Waals surface area (Å²) in [5.41, 5.74) is 4.56. The van der Waals surface area contributed by atoms with Crippen LogP contribution in [0.2, 0.25) is 0 Å². The van der Waals surface area contributed by atoms with Gasteiger partial charge >= 0.3 is 0 Å². The molecule has 0 saturated heterocycles. The van der Waals surface area contributed by atoms with E-state index in [9.17, 15) is 5.11 Å². The molecule has 2 nitrogen and oxygen atoms in total. The zero-order chi connectivity index (χ0) is 14.7. The first-order valence-corrected chi connectivity index (χ1v) is 8.75. The first kappa shape index (κ1) is 15.1. The molecule has 0 radical (unpaired) electrons. The van der Waals surface area contributed by atoms with Crippen LogP contribution in [-0.4, -0.2) is 17.8 Å². The Bertz CT molecular complexity index is 471. The molecule has 116 valence electrons. The summed E-state index contributed by atoms with van der Waals surface area (Å²) in [6, 6.07) is 7.47. The van der Waals surface area contributed by atoms with Crippen molar-refractivity contribution in [3.05, 3.63) is 34.9 Å². The van der Waals surface area contributed by atoms with Crippen LogP contribution in [0.1, 0.15) is 68.2 Å². The Balaban J connectivity index is 1.56. The lowest BCUT2D eigenvalue weighted by atomic mass is 9.86. The van der Waals surface area contributed by atoms with Crippen molar-refractivity contribution in [2.24, 2.45) is 5.92 Å². The molecule has 1 fully saturated rings. The highest BCUT2D eigenvalue weighted by molar-refractivity contribution is 5.35. The highest BCUT2D eigenvalue weighted by Crippen LogP contribution is 2.26. The SMILES string of the molecule is CC(NCC1CCCC(O)C1)c1ccc2c(c1)CCCC2. The van der Waals surface area contributed by atoms with Gasteiger partial charge in [-0.3, -0.25) is 0 Å². The summed E-state index contributed by atoms with van der Waals surface area (Å²) >= 11 is 0. The standard InChI is InChI=1S/C19H29NO/c1-14(20-13-15-5-4-8-19(21)11-15)17-10-9-16-6-2-3-7-18(16)12-17/h9-10,12,14-15,19-21H,2-8,11,13H2,1H3. The van der Waals surface area contributed by atoms with Crippen molar-refractivity contribution >= 4 is 0 Å². The van der Waals surface area contributed by atoms with Crippen LogP contribution in [0.15, 0.2) is 18.2 Å². The molecule has 0 amide bonds. The molecule has 0 heterocycles. The zero-order valence-electron chi connectivity index (χ0n) is 13.3. The summed E-state index contributed by atoms with van der Waals surface area (Å²) in [5, 5.41) is 13.5. The summed E-state index contributed by atoms with van der Waals surface area (Å²) < 4.78 is 0. The summed E-state index contributed by atoms with van der Waals surface area (Å²) in [5.74, 6) is 0.647. The monoisotopic (exact) mass is 287 g/mol. The Kier molecular flexibility index (Phi) is 4.97. The van der Waals surface area contributed by atoms with E-state index in [-0.39, 0.29) is 6.10 Å². The Morgan fingerprint density at radius 2 is 1.95 bits per heavy atom. The molecular formula is C19H29NO. The van der Waals surface area contributed by atoms with Gasteiger partial charge in [0.05, 0.1) is 6.10 Å². The van der Waals surface area contributed by atoms with Crippen molar-refractivity contribution in [3.8, 4) is 0 Å². The molecular weight excluding hydrogens is 258 g/mol. The predicted octanol–water partition coefficient (Wildman–Crippen LogP) is 3.77. The average Bonchev–Trinajstić information content (AvgIpc) is 2.52. The minimum Gasteiger partial charge on any atom is -0.393 e. The van der Waals surface area contributed by atoms with Gasteiger partial charge in [0.15, 0.2) is 0 Å². The molecule has 2 aliphatic carbocycles. The molecule has 1 aromatic carbocycles. The topological polar surface area (TPSA) is 32.3 Å². The third-order valence-electron chi connectivity index (χ3n) is 5.34. The van der Waals surface area contributed by atoms with Gasteiger partial charge in [-0.1, -0.05) is 24.6 Å². The Labute approximate surface area is 129 Å². The maximum absolute atomic E-state index is 9.77. The largest absolute Gasteiger partial charge is 0.393 e.